The quantitative estimate of drug-likeness (QED) is 0.268. The summed E-state index contributed by atoms with van der Waals surface area (Å²) in [5, 5.41) is 11.3. The Morgan fingerprint density at radius 3 is 2.26 bits per heavy atom. The number of benzene rings is 2. The highest BCUT2D eigenvalue weighted by atomic mass is 16.2. The van der Waals surface area contributed by atoms with Gasteiger partial charge in [0.1, 0.15) is 23.8 Å². The lowest BCUT2D eigenvalue weighted by Crippen LogP contribution is -2.57. The molecule has 250 valence electrons. The Morgan fingerprint density at radius 2 is 1.60 bits per heavy atom. The van der Waals surface area contributed by atoms with Gasteiger partial charge >= 0.3 is 0 Å². The molecule has 5 amide bonds. The number of H-pyrrole nitrogens is 1. The van der Waals surface area contributed by atoms with Crippen LogP contribution in [-0.2, 0) is 27.3 Å². The molecule has 0 fully saturated rings. The van der Waals surface area contributed by atoms with Gasteiger partial charge in [0, 0.05) is 37.3 Å². The van der Waals surface area contributed by atoms with Crippen molar-refractivity contribution in [3.63, 3.8) is 0 Å². The van der Waals surface area contributed by atoms with Gasteiger partial charge in [0.2, 0.25) is 17.7 Å². The number of amides is 5. The highest BCUT2D eigenvalue weighted by Gasteiger charge is 2.30. The van der Waals surface area contributed by atoms with E-state index in [4.69, 9.17) is 0 Å². The summed E-state index contributed by atoms with van der Waals surface area (Å²) < 4.78 is 0. The van der Waals surface area contributed by atoms with E-state index in [1.165, 1.54) is 6.33 Å². The second-order valence-electron chi connectivity index (χ2n) is 12.4. The van der Waals surface area contributed by atoms with Gasteiger partial charge in [0.25, 0.3) is 11.8 Å². The predicted molar refractivity (Wildman–Crippen MR) is 177 cm³/mol. The molecule has 1 aromatic heterocycles. The average Bonchev–Trinajstić information content (AvgIpc) is 3.48. The van der Waals surface area contributed by atoms with Gasteiger partial charge in [0.05, 0.1) is 6.33 Å². The Labute approximate surface area is 275 Å². The SMILES string of the molecule is Cc1[nH]cnc1C(=O)N1CCCCNC(=O)[C@@H](C)NC(=O)[C@H](CC(C)C)NC(=O)[C@@H](Cc2ccccc2)NC(=O)c2ccc(cc2)C1. The smallest absolute Gasteiger partial charge is 0.274 e. The molecule has 47 heavy (non-hydrogen) atoms. The van der Waals surface area contributed by atoms with Crippen molar-refractivity contribution in [1.29, 1.82) is 0 Å². The first kappa shape index (κ1) is 34.9. The highest BCUT2D eigenvalue weighted by Crippen LogP contribution is 2.15. The van der Waals surface area contributed by atoms with E-state index in [1.54, 1.807) is 43.0 Å². The molecule has 3 atom stereocenters. The van der Waals surface area contributed by atoms with Crippen LogP contribution >= 0.6 is 0 Å². The van der Waals surface area contributed by atoms with Crippen LogP contribution in [0.1, 0.15) is 77.7 Å². The number of carbonyl (C=O) groups excluding carboxylic acids is 5. The van der Waals surface area contributed by atoms with Gasteiger partial charge < -0.3 is 31.2 Å². The molecule has 2 aromatic carbocycles. The summed E-state index contributed by atoms with van der Waals surface area (Å²) in [4.78, 5) is 75.7. The second kappa shape index (κ2) is 16.5. The molecule has 5 rings (SSSR count). The fraction of sp³-hybridized carbons (Fsp3) is 0.429. The number of imidazole rings is 1. The molecule has 0 radical (unpaired) electrons. The standard InChI is InChI=1S/C35H45N7O5/c1-22(2)18-28-33(45)39-24(4)31(43)36-16-8-9-17-42(35(47)30-23(3)37-21-38-30)20-26-12-14-27(15-13-26)32(44)40-29(34(46)41-28)19-25-10-6-5-7-11-25/h5-7,10-15,21-22,24,28-29H,8-9,16-20H2,1-4H3,(H,36,43)(H,37,38)(H,39,45)(H,40,44)(H,41,46)/t24-,28+,29-/m1/s1. The zero-order valence-electron chi connectivity index (χ0n) is 27.5. The summed E-state index contributed by atoms with van der Waals surface area (Å²) in [6.45, 7) is 8.32. The first-order valence-corrected chi connectivity index (χ1v) is 16.1. The van der Waals surface area contributed by atoms with Crippen molar-refractivity contribution in [3.8, 4) is 0 Å². The Bertz CT molecular complexity index is 1540. The third kappa shape index (κ3) is 9.99. The average molecular weight is 644 g/mol. The number of aryl methyl sites for hydroxylation is 1. The minimum atomic E-state index is -0.980. The monoisotopic (exact) mass is 643 g/mol. The second-order valence-corrected chi connectivity index (χ2v) is 12.4. The van der Waals surface area contributed by atoms with Crippen LogP contribution in [0, 0.1) is 12.8 Å². The van der Waals surface area contributed by atoms with Crippen molar-refractivity contribution in [1.82, 2.24) is 36.1 Å². The zero-order chi connectivity index (χ0) is 33.9. The number of aromatic nitrogens is 2. The maximum absolute atomic E-state index is 13.7. The molecule has 0 saturated carbocycles. The van der Waals surface area contributed by atoms with E-state index < -0.39 is 35.8 Å². The number of carbonyl (C=O) groups is 5. The predicted octanol–water partition coefficient (Wildman–Crippen LogP) is 2.65. The Balaban J connectivity index is 1.62. The molecule has 0 aliphatic carbocycles. The lowest BCUT2D eigenvalue weighted by molar-refractivity contribution is -0.132. The first-order chi connectivity index (χ1) is 22.5. The molecule has 2 bridgehead atoms. The lowest BCUT2D eigenvalue weighted by atomic mass is 10.0. The van der Waals surface area contributed by atoms with Crippen LogP contribution in [0.5, 0.6) is 0 Å². The fourth-order valence-corrected chi connectivity index (χ4v) is 5.41. The van der Waals surface area contributed by atoms with Gasteiger partial charge in [-0.05, 0) is 62.3 Å². The molecule has 5 N–H and O–H groups in total. The van der Waals surface area contributed by atoms with Crippen LogP contribution in [0.4, 0.5) is 0 Å². The van der Waals surface area contributed by atoms with Crippen LogP contribution in [0.2, 0.25) is 0 Å². The molecular formula is C35H45N7O5. The van der Waals surface area contributed by atoms with E-state index in [0.29, 0.717) is 55.8 Å². The number of rotatable bonds is 5. The largest absolute Gasteiger partial charge is 0.354 e. The van der Waals surface area contributed by atoms with Gasteiger partial charge in [-0.1, -0.05) is 56.3 Å². The minimum Gasteiger partial charge on any atom is -0.354 e. The summed E-state index contributed by atoms with van der Waals surface area (Å²) >= 11 is 0. The topological polar surface area (TPSA) is 165 Å². The summed E-state index contributed by atoms with van der Waals surface area (Å²) in [6.07, 6.45) is 3.24. The van der Waals surface area contributed by atoms with Gasteiger partial charge in [-0.25, -0.2) is 4.98 Å². The number of aromatic amines is 1. The zero-order valence-corrected chi connectivity index (χ0v) is 27.5. The van der Waals surface area contributed by atoms with E-state index in [1.807, 2.05) is 44.2 Å². The van der Waals surface area contributed by atoms with E-state index in [9.17, 15) is 24.0 Å². The lowest BCUT2D eigenvalue weighted by Gasteiger charge is -2.25. The van der Waals surface area contributed by atoms with Gasteiger partial charge in [-0.2, -0.15) is 0 Å². The number of fused-ring (bicyclic) bond motifs is 18. The maximum Gasteiger partial charge on any atom is 0.274 e. The Kier molecular flexibility index (Phi) is 12.3. The van der Waals surface area contributed by atoms with Crippen LogP contribution < -0.4 is 21.3 Å². The van der Waals surface area contributed by atoms with Crippen LogP contribution in [0.15, 0.2) is 60.9 Å². The normalized spacial score (nSPS) is 20.5. The Hall–Kier alpha value is -5.00. The van der Waals surface area contributed by atoms with E-state index in [2.05, 4.69) is 31.2 Å². The van der Waals surface area contributed by atoms with Gasteiger partial charge in [-0.3, -0.25) is 24.0 Å². The first-order valence-electron chi connectivity index (χ1n) is 16.1. The molecule has 12 nitrogen and oxygen atoms in total. The minimum absolute atomic E-state index is 0.0636. The number of nitrogens with zero attached hydrogens (tertiary/aromatic N) is 2. The number of hydrogen-bond acceptors (Lipinski definition) is 6. The van der Waals surface area contributed by atoms with Crippen molar-refractivity contribution in [3.05, 3.63) is 89.0 Å². The van der Waals surface area contributed by atoms with E-state index in [-0.39, 0.29) is 24.2 Å². The molecule has 3 aromatic rings. The number of hydrogen-bond donors (Lipinski definition) is 5. The molecule has 0 unspecified atom stereocenters. The molecular weight excluding hydrogens is 598 g/mol. The summed E-state index contributed by atoms with van der Waals surface area (Å²) in [6, 6.07) is 13.5. The summed E-state index contributed by atoms with van der Waals surface area (Å²) in [5.74, 6) is -1.96. The van der Waals surface area contributed by atoms with Crippen molar-refractivity contribution in [2.45, 2.75) is 78.0 Å². The Morgan fingerprint density at radius 1 is 0.894 bits per heavy atom. The molecule has 0 spiro atoms. The fourth-order valence-electron chi connectivity index (χ4n) is 5.41. The third-order valence-electron chi connectivity index (χ3n) is 8.06. The molecule has 0 saturated heterocycles. The highest BCUT2D eigenvalue weighted by molar-refractivity contribution is 5.99. The summed E-state index contributed by atoms with van der Waals surface area (Å²) in [7, 11) is 0. The van der Waals surface area contributed by atoms with Crippen LogP contribution in [0.3, 0.4) is 0 Å². The molecule has 12 heteroatoms. The molecule has 3 heterocycles. The van der Waals surface area contributed by atoms with Crippen LogP contribution in [-0.4, -0.2) is 75.6 Å². The van der Waals surface area contributed by atoms with Gasteiger partial charge in [0.15, 0.2) is 0 Å². The van der Waals surface area contributed by atoms with Crippen molar-refractivity contribution in [2.75, 3.05) is 13.1 Å². The van der Waals surface area contributed by atoms with Crippen molar-refractivity contribution in [2.24, 2.45) is 5.92 Å². The summed E-state index contributed by atoms with van der Waals surface area (Å²) in [5.41, 5.74) is 3.00. The van der Waals surface area contributed by atoms with Crippen molar-refractivity contribution >= 4 is 29.5 Å². The number of nitrogens with one attached hydrogen (secondary N) is 5. The van der Waals surface area contributed by atoms with E-state index in [0.717, 1.165) is 11.1 Å². The molecule has 2 aliphatic rings. The van der Waals surface area contributed by atoms with Crippen molar-refractivity contribution < 1.29 is 24.0 Å². The third-order valence-corrected chi connectivity index (χ3v) is 8.06. The van der Waals surface area contributed by atoms with Crippen LogP contribution in [0.25, 0.3) is 0 Å². The maximum atomic E-state index is 13.7. The van der Waals surface area contributed by atoms with E-state index >= 15 is 0 Å². The molecule has 2 aliphatic heterocycles. The van der Waals surface area contributed by atoms with Gasteiger partial charge in [-0.15, -0.1) is 0 Å².